The highest BCUT2D eigenvalue weighted by molar-refractivity contribution is 5.93. The van der Waals surface area contributed by atoms with Gasteiger partial charge in [0.1, 0.15) is 6.10 Å². The highest BCUT2D eigenvalue weighted by Gasteiger charge is 2.35. The predicted octanol–water partition coefficient (Wildman–Crippen LogP) is -0.0623. The van der Waals surface area contributed by atoms with Crippen molar-refractivity contribution in [2.45, 2.75) is 38.1 Å². The average Bonchev–Trinajstić information content (AvgIpc) is 2.77. The summed E-state index contributed by atoms with van der Waals surface area (Å²) in [6.45, 7) is 4.78. The number of hydrogen-bond acceptors (Lipinski definition) is 5. The number of amides is 1. The molecule has 0 aliphatic carbocycles. The summed E-state index contributed by atoms with van der Waals surface area (Å²) in [5, 5.41) is 16.1. The van der Waals surface area contributed by atoms with E-state index in [-0.39, 0.29) is 24.1 Å². The molecular weight excluding hydrogens is 258 g/mol. The van der Waals surface area contributed by atoms with E-state index in [1.807, 2.05) is 13.8 Å². The van der Waals surface area contributed by atoms with Gasteiger partial charge < -0.3 is 20.5 Å². The van der Waals surface area contributed by atoms with E-state index in [9.17, 15) is 9.90 Å². The first-order valence-electron chi connectivity index (χ1n) is 6.82. The number of hydrogen-bond donors (Lipinski definition) is 3. The van der Waals surface area contributed by atoms with Gasteiger partial charge in [0.25, 0.3) is 5.91 Å². The molecule has 3 unspecified atom stereocenters. The summed E-state index contributed by atoms with van der Waals surface area (Å²) < 4.78 is 5.53. The Morgan fingerprint density at radius 1 is 1.50 bits per heavy atom. The molecule has 6 nitrogen and oxygen atoms in total. The third-order valence-corrected chi connectivity index (χ3v) is 3.24. The fraction of sp³-hybridized carbons (Fsp3) is 0.571. The van der Waals surface area contributed by atoms with Gasteiger partial charge in [-0.05, 0) is 12.1 Å². The molecule has 1 saturated heterocycles. The fourth-order valence-electron chi connectivity index (χ4n) is 2.24. The van der Waals surface area contributed by atoms with E-state index in [1.54, 1.807) is 24.5 Å². The van der Waals surface area contributed by atoms with Crippen molar-refractivity contribution in [3.8, 4) is 0 Å². The molecule has 1 aromatic heterocycles. The van der Waals surface area contributed by atoms with Crippen LogP contribution in [0, 0.1) is 0 Å². The maximum atomic E-state index is 11.9. The third kappa shape index (κ3) is 3.75. The molecule has 0 radical (unpaired) electrons. The van der Waals surface area contributed by atoms with E-state index in [4.69, 9.17) is 4.74 Å². The van der Waals surface area contributed by atoms with Gasteiger partial charge in [-0.1, -0.05) is 13.8 Å². The van der Waals surface area contributed by atoms with Crippen LogP contribution in [0.5, 0.6) is 0 Å². The second kappa shape index (κ2) is 6.78. The van der Waals surface area contributed by atoms with Gasteiger partial charge in [-0.2, -0.15) is 0 Å². The minimum absolute atomic E-state index is 0.0853. The Morgan fingerprint density at radius 2 is 2.20 bits per heavy atom. The quantitative estimate of drug-likeness (QED) is 0.703. The van der Waals surface area contributed by atoms with Crippen molar-refractivity contribution in [1.82, 2.24) is 15.6 Å². The van der Waals surface area contributed by atoms with Crippen molar-refractivity contribution in [2.24, 2.45) is 0 Å². The number of carbonyl (C=O) groups is 1. The van der Waals surface area contributed by atoms with Gasteiger partial charge in [-0.3, -0.25) is 9.78 Å². The molecule has 6 heteroatoms. The van der Waals surface area contributed by atoms with Crippen molar-refractivity contribution in [3.63, 3.8) is 0 Å². The molecule has 2 heterocycles. The van der Waals surface area contributed by atoms with Crippen LogP contribution in [0.2, 0.25) is 0 Å². The lowest BCUT2D eigenvalue weighted by Crippen LogP contribution is -2.46. The molecule has 3 atom stereocenters. The van der Waals surface area contributed by atoms with Crippen LogP contribution in [0.1, 0.15) is 24.2 Å². The van der Waals surface area contributed by atoms with E-state index in [1.165, 1.54) is 0 Å². The van der Waals surface area contributed by atoms with E-state index < -0.39 is 6.10 Å². The minimum Gasteiger partial charge on any atom is -0.389 e. The monoisotopic (exact) mass is 279 g/mol. The molecule has 110 valence electrons. The summed E-state index contributed by atoms with van der Waals surface area (Å²) >= 11 is 0. The predicted molar refractivity (Wildman–Crippen MR) is 74.4 cm³/mol. The first-order valence-corrected chi connectivity index (χ1v) is 6.82. The number of rotatable bonds is 5. The SMILES string of the molecule is CC(C)NC1COC(CNC(=O)c2ccncc2)C1O. The number of nitrogens with one attached hydrogen (secondary N) is 2. The topological polar surface area (TPSA) is 83.5 Å². The maximum absolute atomic E-state index is 11.9. The second-order valence-electron chi connectivity index (χ2n) is 5.24. The minimum atomic E-state index is -0.616. The van der Waals surface area contributed by atoms with Gasteiger partial charge in [-0.25, -0.2) is 0 Å². The van der Waals surface area contributed by atoms with Crippen molar-refractivity contribution in [2.75, 3.05) is 13.2 Å². The fourth-order valence-corrected chi connectivity index (χ4v) is 2.24. The Labute approximate surface area is 118 Å². The molecule has 0 bridgehead atoms. The number of aliphatic hydroxyl groups is 1. The Kier molecular flexibility index (Phi) is 5.05. The Hall–Kier alpha value is -1.50. The lowest BCUT2D eigenvalue weighted by Gasteiger charge is -2.20. The van der Waals surface area contributed by atoms with Gasteiger partial charge in [-0.15, -0.1) is 0 Å². The van der Waals surface area contributed by atoms with Crippen molar-refractivity contribution >= 4 is 5.91 Å². The van der Waals surface area contributed by atoms with Gasteiger partial charge in [0.15, 0.2) is 0 Å². The van der Waals surface area contributed by atoms with Crippen LogP contribution in [0.4, 0.5) is 0 Å². The average molecular weight is 279 g/mol. The van der Waals surface area contributed by atoms with Gasteiger partial charge in [0.2, 0.25) is 0 Å². The Bertz CT molecular complexity index is 439. The van der Waals surface area contributed by atoms with Gasteiger partial charge in [0, 0.05) is 30.5 Å². The van der Waals surface area contributed by atoms with Crippen molar-refractivity contribution < 1.29 is 14.6 Å². The molecular formula is C14H21N3O3. The standard InChI is InChI=1S/C14H21N3O3/c1-9(2)17-11-8-20-12(13(11)18)7-16-14(19)10-3-5-15-6-4-10/h3-6,9,11-13,17-18H,7-8H2,1-2H3,(H,16,19). The number of carbonyl (C=O) groups excluding carboxylic acids is 1. The molecule has 0 saturated carbocycles. The highest BCUT2D eigenvalue weighted by Crippen LogP contribution is 2.14. The van der Waals surface area contributed by atoms with Crippen molar-refractivity contribution in [3.05, 3.63) is 30.1 Å². The van der Waals surface area contributed by atoms with E-state index in [2.05, 4.69) is 15.6 Å². The second-order valence-corrected chi connectivity index (χ2v) is 5.24. The summed E-state index contributed by atoms with van der Waals surface area (Å²) in [6.07, 6.45) is 2.14. The van der Waals surface area contributed by atoms with Crippen LogP contribution < -0.4 is 10.6 Å². The van der Waals surface area contributed by atoms with E-state index >= 15 is 0 Å². The lowest BCUT2D eigenvalue weighted by atomic mass is 10.1. The van der Waals surface area contributed by atoms with Crippen LogP contribution in [0.15, 0.2) is 24.5 Å². The first-order chi connectivity index (χ1) is 9.58. The lowest BCUT2D eigenvalue weighted by molar-refractivity contribution is 0.0397. The summed E-state index contributed by atoms with van der Waals surface area (Å²) in [5.74, 6) is -0.191. The number of aliphatic hydroxyl groups excluding tert-OH is 1. The zero-order valence-corrected chi connectivity index (χ0v) is 11.7. The molecule has 3 N–H and O–H groups in total. The maximum Gasteiger partial charge on any atom is 0.251 e. The summed E-state index contributed by atoms with van der Waals surface area (Å²) in [6, 6.07) is 3.48. The molecule has 1 aliphatic heterocycles. The molecule has 0 aromatic carbocycles. The number of ether oxygens (including phenoxy) is 1. The zero-order valence-electron chi connectivity index (χ0n) is 11.7. The van der Waals surface area contributed by atoms with E-state index in [0.29, 0.717) is 18.7 Å². The third-order valence-electron chi connectivity index (χ3n) is 3.24. The summed E-state index contributed by atoms with van der Waals surface area (Å²) in [5.41, 5.74) is 0.546. The normalized spacial score (nSPS) is 25.9. The van der Waals surface area contributed by atoms with E-state index in [0.717, 1.165) is 0 Å². The first kappa shape index (κ1) is 14.9. The molecule has 1 aromatic rings. The number of nitrogens with zero attached hydrogens (tertiary/aromatic N) is 1. The van der Waals surface area contributed by atoms with Crippen LogP contribution in [-0.2, 0) is 4.74 Å². The molecule has 2 rings (SSSR count). The molecule has 1 amide bonds. The Balaban J connectivity index is 1.82. The van der Waals surface area contributed by atoms with Crippen LogP contribution in [0.3, 0.4) is 0 Å². The van der Waals surface area contributed by atoms with Crippen LogP contribution >= 0.6 is 0 Å². The molecule has 1 fully saturated rings. The molecule has 1 aliphatic rings. The highest BCUT2D eigenvalue weighted by atomic mass is 16.5. The van der Waals surface area contributed by atoms with Crippen molar-refractivity contribution in [1.29, 1.82) is 0 Å². The molecule has 0 spiro atoms. The zero-order chi connectivity index (χ0) is 14.5. The van der Waals surface area contributed by atoms with Crippen LogP contribution in [0.25, 0.3) is 0 Å². The van der Waals surface area contributed by atoms with Gasteiger partial charge >= 0.3 is 0 Å². The van der Waals surface area contributed by atoms with Crippen LogP contribution in [-0.4, -0.2) is 53.4 Å². The number of pyridine rings is 1. The smallest absolute Gasteiger partial charge is 0.251 e. The largest absolute Gasteiger partial charge is 0.389 e. The number of aromatic nitrogens is 1. The summed E-state index contributed by atoms with van der Waals surface area (Å²) in [7, 11) is 0. The van der Waals surface area contributed by atoms with Gasteiger partial charge in [0.05, 0.1) is 18.8 Å². The molecule has 20 heavy (non-hydrogen) atoms. The summed E-state index contributed by atoms with van der Waals surface area (Å²) in [4.78, 5) is 15.7. The Morgan fingerprint density at radius 3 is 2.85 bits per heavy atom.